The first-order chi connectivity index (χ1) is 12.3. The minimum atomic E-state index is -3.63. The molecule has 1 amide bonds. The average Bonchev–Trinajstić information content (AvgIpc) is 2.62. The number of sulfonamides is 1. The molecular weight excluding hydrogens is 356 g/mol. The summed E-state index contributed by atoms with van der Waals surface area (Å²) < 4.78 is 36.5. The van der Waals surface area contributed by atoms with Crippen molar-refractivity contribution in [1.29, 1.82) is 0 Å². The zero-order valence-corrected chi connectivity index (χ0v) is 15.9. The second kappa shape index (κ2) is 8.20. The Balaban J connectivity index is 2.23. The third-order valence-corrected chi connectivity index (χ3v) is 5.44. The maximum Gasteiger partial charge on any atom is 0.265 e. The molecule has 1 N–H and O–H groups in total. The lowest BCUT2D eigenvalue weighted by molar-refractivity contribution is -0.122. The predicted molar refractivity (Wildman–Crippen MR) is 99.0 cm³/mol. The molecule has 0 spiro atoms. The molecule has 2 aromatic carbocycles. The fraction of sp³-hybridized carbons (Fsp3) is 0.278. The summed E-state index contributed by atoms with van der Waals surface area (Å²) in [5.41, 5.74) is 0.254. The lowest BCUT2D eigenvalue weighted by Gasteiger charge is -2.17. The van der Waals surface area contributed by atoms with Crippen LogP contribution in [0.5, 0.6) is 11.5 Å². The van der Waals surface area contributed by atoms with Crippen LogP contribution in [0.15, 0.2) is 53.4 Å². The molecule has 2 rings (SSSR count). The maximum absolute atomic E-state index is 12.4. The zero-order valence-electron chi connectivity index (χ0n) is 15.1. The number of hydrogen-bond donors (Lipinski definition) is 1. The van der Waals surface area contributed by atoms with Gasteiger partial charge < -0.3 is 14.8 Å². The van der Waals surface area contributed by atoms with Gasteiger partial charge in [0.2, 0.25) is 10.0 Å². The van der Waals surface area contributed by atoms with Crippen LogP contribution in [0, 0.1) is 0 Å². The summed E-state index contributed by atoms with van der Waals surface area (Å²) in [4.78, 5) is 12.5. The van der Waals surface area contributed by atoms with Crippen LogP contribution in [-0.4, -0.2) is 45.9 Å². The first-order valence-electron chi connectivity index (χ1n) is 7.89. The summed E-state index contributed by atoms with van der Waals surface area (Å²) in [5.74, 6) is 0.487. The van der Waals surface area contributed by atoms with Crippen molar-refractivity contribution in [2.75, 3.05) is 26.5 Å². The van der Waals surface area contributed by atoms with Gasteiger partial charge in [-0.05, 0) is 37.3 Å². The largest absolute Gasteiger partial charge is 0.495 e. The number of anilines is 1. The Morgan fingerprint density at radius 1 is 1.12 bits per heavy atom. The van der Waals surface area contributed by atoms with Gasteiger partial charge in [-0.2, -0.15) is 0 Å². The van der Waals surface area contributed by atoms with Crippen LogP contribution < -0.4 is 14.8 Å². The van der Waals surface area contributed by atoms with Gasteiger partial charge in [-0.25, -0.2) is 12.7 Å². The zero-order chi connectivity index (χ0) is 19.3. The Kier molecular flexibility index (Phi) is 6.23. The van der Waals surface area contributed by atoms with Gasteiger partial charge in [0.25, 0.3) is 5.91 Å². The van der Waals surface area contributed by atoms with Crippen molar-refractivity contribution in [3.05, 3.63) is 48.5 Å². The third kappa shape index (κ3) is 4.53. The Morgan fingerprint density at radius 3 is 2.35 bits per heavy atom. The van der Waals surface area contributed by atoms with Crippen molar-refractivity contribution >= 4 is 21.6 Å². The molecule has 140 valence electrons. The van der Waals surface area contributed by atoms with Gasteiger partial charge in [0.15, 0.2) is 6.10 Å². The van der Waals surface area contributed by atoms with Gasteiger partial charge in [-0.1, -0.05) is 18.2 Å². The summed E-state index contributed by atoms with van der Waals surface area (Å²) in [6.07, 6.45) is -0.781. The van der Waals surface area contributed by atoms with E-state index in [0.717, 1.165) is 4.31 Å². The number of rotatable bonds is 7. The Labute approximate surface area is 153 Å². The molecule has 7 nitrogen and oxygen atoms in total. The normalized spacial score (nSPS) is 12.5. The molecule has 0 aromatic heterocycles. The van der Waals surface area contributed by atoms with Crippen molar-refractivity contribution in [3.8, 4) is 11.5 Å². The maximum atomic E-state index is 12.4. The quantitative estimate of drug-likeness (QED) is 0.799. The first kappa shape index (κ1) is 19.7. The number of amides is 1. The Hall–Kier alpha value is -2.58. The molecule has 0 aliphatic rings. The second-order valence-electron chi connectivity index (χ2n) is 5.71. The smallest absolute Gasteiger partial charge is 0.265 e. The summed E-state index contributed by atoms with van der Waals surface area (Å²) in [7, 11) is 0.682. The van der Waals surface area contributed by atoms with Crippen LogP contribution in [0.25, 0.3) is 0 Å². The van der Waals surface area contributed by atoms with E-state index in [1.807, 2.05) is 6.07 Å². The minimum absolute atomic E-state index is 0.0511. The Bertz CT molecular complexity index is 866. The number of nitrogens with one attached hydrogen (secondary N) is 1. The third-order valence-electron chi connectivity index (χ3n) is 3.63. The van der Waals surface area contributed by atoms with Crippen LogP contribution in [0.3, 0.4) is 0 Å². The number of para-hydroxylation sites is 1. The van der Waals surface area contributed by atoms with E-state index in [1.54, 1.807) is 31.2 Å². The number of nitrogens with zero attached hydrogens (tertiary/aromatic N) is 1. The number of methoxy groups -OCH3 is 1. The molecule has 0 fully saturated rings. The van der Waals surface area contributed by atoms with Crippen molar-refractivity contribution in [2.45, 2.75) is 17.9 Å². The van der Waals surface area contributed by atoms with Crippen molar-refractivity contribution in [1.82, 2.24) is 4.31 Å². The molecule has 2 aromatic rings. The molecule has 0 radical (unpaired) electrons. The molecule has 0 bridgehead atoms. The summed E-state index contributed by atoms with van der Waals surface area (Å²) in [5, 5.41) is 2.66. The topological polar surface area (TPSA) is 84.9 Å². The average molecular weight is 378 g/mol. The van der Waals surface area contributed by atoms with Crippen LogP contribution >= 0.6 is 0 Å². The van der Waals surface area contributed by atoms with E-state index in [0.29, 0.717) is 11.5 Å². The molecule has 1 unspecified atom stereocenters. The van der Waals surface area contributed by atoms with Crippen LogP contribution in [-0.2, 0) is 14.8 Å². The number of hydrogen-bond acceptors (Lipinski definition) is 5. The first-order valence-corrected chi connectivity index (χ1v) is 9.33. The van der Waals surface area contributed by atoms with Gasteiger partial charge >= 0.3 is 0 Å². The number of benzene rings is 2. The van der Waals surface area contributed by atoms with E-state index in [-0.39, 0.29) is 10.6 Å². The standard InChI is InChI=1S/C18H22N2O5S/c1-13(25-14-8-6-5-7-9-14)18(21)19-16-12-15(10-11-17(16)24-4)26(22,23)20(2)3/h5-13H,1-4H3,(H,19,21). The predicted octanol–water partition coefficient (Wildman–Crippen LogP) is 2.35. The Morgan fingerprint density at radius 2 is 1.77 bits per heavy atom. The second-order valence-corrected chi connectivity index (χ2v) is 7.86. The van der Waals surface area contributed by atoms with Gasteiger partial charge in [0.05, 0.1) is 17.7 Å². The lowest BCUT2D eigenvalue weighted by Crippen LogP contribution is -2.30. The van der Waals surface area contributed by atoms with Crippen molar-refractivity contribution in [2.24, 2.45) is 0 Å². The molecule has 8 heteroatoms. The molecular formula is C18H22N2O5S. The van der Waals surface area contributed by atoms with Gasteiger partial charge in [-0.15, -0.1) is 0 Å². The van der Waals surface area contributed by atoms with E-state index in [9.17, 15) is 13.2 Å². The van der Waals surface area contributed by atoms with E-state index >= 15 is 0 Å². The monoisotopic (exact) mass is 378 g/mol. The molecule has 0 saturated heterocycles. The molecule has 0 aliphatic carbocycles. The molecule has 0 saturated carbocycles. The van der Waals surface area contributed by atoms with E-state index < -0.39 is 22.0 Å². The molecule has 26 heavy (non-hydrogen) atoms. The molecule has 0 heterocycles. The lowest BCUT2D eigenvalue weighted by atomic mass is 10.2. The fourth-order valence-corrected chi connectivity index (χ4v) is 3.08. The SMILES string of the molecule is COc1ccc(S(=O)(=O)N(C)C)cc1NC(=O)C(C)Oc1ccccc1. The summed E-state index contributed by atoms with van der Waals surface area (Å²) >= 11 is 0. The van der Waals surface area contributed by atoms with Crippen molar-refractivity contribution < 1.29 is 22.7 Å². The van der Waals surface area contributed by atoms with E-state index in [4.69, 9.17) is 9.47 Å². The molecule has 0 aliphatic heterocycles. The molecule has 1 atom stereocenters. The van der Waals surface area contributed by atoms with Crippen LogP contribution in [0.4, 0.5) is 5.69 Å². The summed E-state index contributed by atoms with van der Waals surface area (Å²) in [6, 6.07) is 13.2. The summed E-state index contributed by atoms with van der Waals surface area (Å²) in [6.45, 7) is 1.61. The fourth-order valence-electron chi connectivity index (χ4n) is 2.15. The van der Waals surface area contributed by atoms with Crippen LogP contribution in [0.1, 0.15) is 6.92 Å². The van der Waals surface area contributed by atoms with Crippen LogP contribution in [0.2, 0.25) is 0 Å². The highest BCUT2D eigenvalue weighted by atomic mass is 32.2. The van der Waals surface area contributed by atoms with Gasteiger partial charge in [0.1, 0.15) is 11.5 Å². The number of carbonyl (C=O) groups is 1. The van der Waals surface area contributed by atoms with Gasteiger partial charge in [0, 0.05) is 14.1 Å². The van der Waals surface area contributed by atoms with Gasteiger partial charge in [-0.3, -0.25) is 4.79 Å². The number of carbonyl (C=O) groups excluding carboxylic acids is 1. The van der Waals surface area contributed by atoms with Crippen molar-refractivity contribution in [3.63, 3.8) is 0 Å². The number of ether oxygens (including phenoxy) is 2. The van der Waals surface area contributed by atoms with E-state index in [2.05, 4.69) is 5.32 Å². The highest BCUT2D eigenvalue weighted by Crippen LogP contribution is 2.28. The van der Waals surface area contributed by atoms with E-state index in [1.165, 1.54) is 39.4 Å². The highest BCUT2D eigenvalue weighted by Gasteiger charge is 2.21. The highest BCUT2D eigenvalue weighted by molar-refractivity contribution is 7.89. The minimum Gasteiger partial charge on any atom is -0.495 e.